The minimum atomic E-state index is -0.783. The Hall–Kier alpha value is -6.32. The third-order valence-corrected chi connectivity index (χ3v) is 17.5. The zero-order chi connectivity index (χ0) is 44.1. The maximum atomic E-state index is 7.51. The van der Waals surface area contributed by atoms with Gasteiger partial charge in [-0.05, 0) is 70.1 Å². The van der Waals surface area contributed by atoms with Gasteiger partial charge in [0.05, 0.1) is 50.2 Å². The van der Waals surface area contributed by atoms with Crippen molar-refractivity contribution in [2.75, 3.05) is 12.3 Å². The van der Waals surface area contributed by atoms with E-state index >= 15 is 0 Å². The molecule has 0 heterocycles. The van der Waals surface area contributed by atoms with Crippen molar-refractivity contribution in [3.63, 3.8) is 0 Å². The van der Waals surface area contributed by atoms with E-state index in [1.165, 1.54) is 33.5 Å². The average Bonchev–Trinajstić information content (AvgIpc) is 3.37. The van der Waals surface area contributed by atoms with Gasteiger partial charge in [-0.1, -0.05) is 191 Å². The second-order valence-electron chi connectivity index (χ2n) is 15.0. The Kier molecular flexibility index (Phi) is 18.1. The fraction of sp³-hybridized carbons (Fsp3) is 0.0333. The van der Waals surface area contributed by atoms with Gasteiger partial charge in [0.2, 0.25) is 0 Å². The monoisotopic (exact) mass is 1070 g/mol. The van der Waals surface area contributed by atoms with Crippen molar-refractivity contribution >= 4 is 91.5 Å². The topological polar surface area (TPSA) is 8.72 Å². The van der Waals surface area contributed by atoms with Gasteiger partial charge >= 0.3 is 44.8 Å². The molecule has 2 nitrogen and oxygen atoms in total. The summed E-state index contributed by atoms with van der Waals surface area (Å²) in [4.78, 5) is 7.33. The van der Waals surface area contributed by atoms with Crippen LogP contribution in [0.4, 0.5) is 11.4 Å². The van der Waals surface area contributed by atoms with Crippen molar-refractivity contribution in [3.05, 3.63) is 265 Å². The molecular formula is C60H42Ag2N2P2+2. The summed E-state index contributed by atoms with van der Waals surface area (Å²) in [5, 5.41) is 13.3. The van der Waals surface area contributed by atoms with Crippen LogP contribution in [-0.2, 0) is 44.8 Å². The predicted octanol–water partition coefficient (Wildman–Crippen LogP) is 13.7. The molecule has 0 spiro atoms. The predicted molar refractivity (Wildman–Crippen MR) is 279 cm³/mol. The summed E-state index contributed by atoms with van der Waals surface area (Å²) < 4.78 is 0. The smallest absolute Gasteiger partial charge is 0.366 e. The number of rotatable bonds is 7. The SMILES string of the molecule is [Ag+].[Ag+].[C-]#Cc1c2ccccc2c([N+]#[C-])c2ccccc12.[C-]#Cc1c2ccccc2c([N+]#[C-])c2ccccc12.c1ccc([PH+](CC[PH+](c2ccccc2)c2ccccc2)c2ccccc2)cc1. The second kappa shape index (κ2) is 24.3. The first-order valence-electron chi connectivity index (χ1n) is 21.1. The van der Waals surface area contributed by atoms with E-state index < -0.39 is 15.8 Å². The molecule has 10 aromatic carbocycles. The summed E-state index contributed by atoms with van der Waals surface area (Å²) in [5.74, 6) is 5.02. The van der Waals surface area contributed by atoms with Gasteiger partial charge in [0, 0.05) is 0 Å². The van der Waals surface area contributed by atoms with Gasteiger partial charge < -0.3 is 12.8 Å². The molecule has 322 valence electrons. The summed E-state index contributed by atoms with van der Waals surface area (Å²) >= 11 is 0. The molecule has 10 rings (SSSR count). The quantitative estimate of drug-likeness (QED) is 0.0494. The molecular weight excluding hydrogens is 1030 g/mol. The zero-order valence-electron chi connectivity index (χ0n) is 35.7. The molecule has 10 aromatic rings. The first-order chi connectivity index (χ1) is 31.6. The van der Waals surface area contributed by atoms with Gasteiger partial charge in [0.15, 0.2) is 11.4 Å². The van der Waals surface area contributed by atoms with Gasteiger partial charge in [-0.25, -0.2) is 9.69 Å². The molecule has 66 heavy (non-hydrogen) atoms. The van der Waals surface area contributed by atoms with Gasteiger partial charge in [-0.15, -0.1) is 11.1 Å². The molecule has 6 heteroatoms. The molecule has 0 saturated carbocycles. The minimum Gasteiger partial charge on any atom is -0.366 e. The number of nitrogens with zero attached hydrogens (tertiary/aromatic N) is 2. The first-order valence-corrected chi connectivity index (χ1v) is 24.5. The molecule has 0 radical (unpaired) electrons. The van der Waals surface area contributed by atoms with Crippen molar-refractivity contribution in [2.24, 2.45) is 0 Å². The van der Waals surface area contributed by atoms with Crippen molar-refractivity contribution in [2.45, 2.75) is 0 Å². The normalized spacial score (nSPS) is 10.2. The first kappa shape index (κ1) is 49.1. The van der Waals surface area contributed by atoms with Crippen molar-refractivity contribution in [3.8, 4) is 11.8 Å². The maximum absolute atomic E-state index is 7.51. The molecule has 0 saturated heterocycles. The van der Waals surface area contributed by atoms with E-state index in [9.17, 15) is 0 Å². The minimum absolute atomic E-state index is 0. The Morgan fingerprint density at radius 3 is 0.697 bits per heavy atom. The molecule has 0 aliphatic heterocycles. The third-order valence-electron chi connectivity index (χ3n) is 11.4. The van der Waals surface area contributed by atoms with E-state index in [2.05, 4.69) is 143 Å². The van der Waals surface area contributed by atoms with Crippen molar-refractivity contribution in [1.82, 2.24) is 0 Å². The van der Waals surface area contributed by atoms with Crippen LogP contribution < -0.4 is 21.2 Å². The molecule has 0 aliphatic carbocycles. The summed E-state index contributed by atoms with van der Waals surface area (Å²) in [6.45, 7) is 14.8. The van der Waals surface area contributed by atoms with Crippen molar-refractivity contribution < 1.29 is 44.8 Å². The molecule has 0 bridgehead atoms. The number of benzene rings is 10. The van der Waals surface area contributed by atoms with Crippen LogP contribution in [0.15, 0.2) is 218 Å². The molecule has 0 amide bonds. The van der Waals surface area contributed by atoms with E-state index in [0.29, 0.717) is 11.4 Å². The fourth-order valence-corrected chi connectivity index (χ4v) is 14.6. The zero-order valence-corrected chi connectivity index (χ0v) is 40.7. The van der Waals surface area contributed by atoms with Crippen LogP contribution in [0.2, 0.25) is 0 Å². The largest absolute Gasteiger partial charge is 1.00 e. The summed E-state index contributed by atoms with van der Waals surface area (Å²) in [5.41, 5.74) is 2.82. The van der Waals surface area contributed by atoms with Crippen LogP contribution in [0.3, 0.4) is 0 Å². The third kappa shape index (κ3) is 10.9. The van der Waals surface area contributed by atoms with Gasteiger partial charge in [0.1, 0.15) is 12.3 Å². The number of hydrogen-bond acceptors (Lipinski definition) is 0. The van der Waals surface area contributed by atoms with E-state index in [-0.39, 0.29) is 44.8 Å². The summed E-state index contributed by atoms with van der Waals surface area (Å²) in [6.07, 6.45) is 17.5. The Labute approximate surface area is 422 Å². The molecule has 0 unspecified atom stereocenters. The van der Waals surface area contributed by atoms with E-state index in [1.807, 2.05) is 97.1 Å². The van der Waals surface area contributed by atoms with Gasteiger partial charge in [-0.2, -0.15) is 0 Å². The van der Waals surface area contributed by atoms with Crippen LogP contribution in [0.25, 0.3) is 52.8 Å². The van der Waals surface area contributed by atoms with Gasteiger partial charge in [0.25, 0.3) is 0 Å². The molecule has 0 aromatic heterocycles. The van der Waals surface area contributed by atoms with Crippen LogP contribution >= 0.6 is 15.8 Å². The molecule has 0 aliphatic rings. The van der Waals surface area contributed by atoms with E-state index in [1.54, 1.807) is 0 Å². The van der Waals surface area contributed by atoms with E-state index in [0.717, 1.165) is 54.2 Å². The maximum Gasteiger partial charge on any atom is 1.00 e. The van der Waals surface area contributed by atoms with E-state index in [4.69, 9.17) is 26.0 Å². The van der Waals surface area contributed by atoms with Crippen LogP contribution in [0.5, 0.6) is 0 Å². The van der Waals surface area contributed by atoms with Crippen LogP contribution in [-0.4, -0.2) is 12.3 Å². The Morgan fingerprint density at radius 1 is 0.303 bits per heavy atom. The van der Waals surface area contributed by atoms with Crippen LogP contribution in [0, 0.1) is 37.8 Å². The molecule has 0 atom stereocenters. The summed E-state index contributed by atoms with van der Waals surface area (Å²) in [6, 6.07) is 75.3. The number of hydrogen-bond donors (Lipinski definition) is 0. The summed E-state index contributed by atoms with van der Waals surface area (Å²) in [7, 11) is -1.57. The number of fused-ring (bicyclic) bond motifs is 4. The molecule has 0 fully saturated rings. The second-order valence-corrected chi connectivity index (χ2v) is 20.2. The van der Waals surface area contributed by atoms with Crippen LogP contribution in [0.1, 0.15) is 11.1 Å². The Morgan fingerprint density at radius 2 is 0.500 bits per heavy atom. The average molecular weight is 1070 g/mol. The molecule has 0 N–H and O–H groups in total. The fourth-order valence-electron chi connectivity index (χ4n) is 8.44. The Bertz CT molecular complexity index is 2820. The van der Waals surface area contributed by atoms with Crippen molar-refractivity contribution in [1.29, 1.82) is 0 Å². The standard InChI is InChI=1S/C26H24P2.2C17H8N.2Ag/c1-5-13-23(14-6-1)27(24-15-7-2-8-16-24)21-22-28(25-17-9-3-10-18-25)26-19-11-4-12-20-26;2*1-3-12-13-8-4-6-10-15(13)17(18-2)16-11-7-5-9-14(12)16;;/h1-20H,21-22H2;2*4-11H;;/q;2*-1;2*+1/p+2. The Balaban J connectivity index is 0.000000167. The van der Waals surface area contributed by atoms with Gasteiger partial charge in [-0.3, -0.25) is 11.8 Å².